The zero-order valence-corrected chi connectivity index (χ0v) is 9.55. The Morgan fingerprint density at radius 1 is 0.800 bits per heavy atom. The van der Waals surface area contributed by atoms with Crippen molar-refractivity contribution in [3.63, 3.8) is 0 Å². The Kier molecular flexibility index (Phi) is 5.29. The van der Waals surface area contributed by atoms with Gasteiger partial charge in [0.15, 0.2) is 0 Å². The van der Waals surface area contributed by atoms with Gasteiger partial charge in [-0.25, -0.2) is 0 Å². The van der Waals surface area contributed by atoms with Gasteiger partial charge in [-0.2, -0.15) is 0 Å². The van der Waals surface area contributed by atoms with Crippen LogP contribution in [0.15, 0.2) is 0 Å². The van der Waals surface area contributed by atoms with Crippen molar-refractivity contribution in [1.29, 1.82) is 0 Å². The summed E-state index contributed by atoms with van der Waals surface area (Å²) < 4.78 is 39.0. The molecule has 0 N–H and O–H groups in total. The van der Waals surface area contributed by atoms with Gasteiger partial charge in [0, 0.05) is 0 Å². The molecule has 2 aliphatic rings. The molecule has 0 unspecified atom stereocenters. The Morgan fingerprint density at radius 3 is 1.53 bits per heavy atom. The predicted octanol–water partition coefficient (Wildman–Crippen LogP) is 3.64. The van der Waals surface area contributed by atoms with E-state index >= 15 is 0 Å². The van der Waals surface area contributed by atoms with Crippen LogP contribution in [0, 0.1) is 0 Å². The van der Waals surface area contributed by atoms with E-state index in [9.17, 15) is 17.3 Å². The second-order valence-electron chi connectivity index (χ2n) is 4.05. The van der Waals surface area contributed by atoms with Crippen LogP contribution in [0.3, 0.4) is 0 Å². The summed E-state index contributed by atoms with van der Waals surface area (Å²) >= 11 is 0. The number of halogens is 4. The van der Waals surface area contributed by atoms with Gasteiger partial charge in [-0.1, -0.05) is 0 Å². The Labute approximate surface area is 91.3 Å². The van der Waals surface area contributed by atoms with Crippen molar-refractivity contribution in [3.8, 4) is 0 Å². The first-order chi connectivity index (χ1) is 6.97. The molecule has 0 aromatic heterocycles. The van der Waals surface area contributed by atoms with Crippen LogP contribution in [0.5, 0.6) is 0 Å². The molecule has 0 saturated carbocycles. The average Bonchev–Trinajstić information content (AvgIpc) is 2.16. The van der Waals surface area contributed by atoms with Gasteiger partial charge in [-0.05, 0) is 49.4 Å². The van der Waals surface area contributed by atoms with E-state index in [0.29, 0.717) is 0 Å². The van der Waals surface area contributed by atoms with Gasteiger partial charge in [-0.3, -0.25) is 0 Å². The van der Waals surface area contributed by atoms with E-state index in [0.717, 1.165) is 10.9 Å². The molecule has 2 heterocycles. The minimum absolute atomic E-state index is 0.897. The van der Waals surface area contributed by atoms with E-state index in [4.69, 9.17) is 0 Å². The van der Waals surface area contributed by atoms with Crippen LogP contribution in [0.25, 0.3) is 0 Å². The molecular weight excluding hydrogens is 227 g/mol. The van der Waals surface area contributed by atoms with Gasteiger partial charge >= 0.3 is 7.25 Å². The maximum Gasteiger partial charge on any atom is 0.673 e. The Balaban J connectivity index is 0.000000195. The maximum atomic E-state index is 9.75. The first-order valence-corrected chi connectivity index (χ1v) is 7.13. The topological polar surface area (TPSA) is 0 Å². The standard InChI is InChI=1S/C9H17S.BF4/c1-3-7-10-8-4-2-6-9(10)5-1;2-1(3,4)5/h9H,1-8H2;/q+1;-1. The highest BCUT2D eigenvalue weighted by molar-refractivity contribution is 7.97. The molecule has 2 saturated heterocycles. The lowest BCUT2D eigenvalue weighted by molar-refractivity contribution is 0.368. The second-order valence-corrected chi connectivity index (χ2v) is 6.61. The third-order valence-corrected chi connectivity index (χ3v) is 5.88. The molecule has 0 aromatic carbocycles. The van der Waals surface area contributed by atoms with E-state index in [1.807, 2.05) is 0 Å². The van der Waals surface area contributed by atoms with Crippen LogP contribution in [-0.4, -0.2) is 24.0 Å². The number of fused-ring (bicyclic) bond motifs is 1. The summed E-state index contributed by atoms with van der Waals surface area (Å²) in [5, 5.41) is 1.18. The van der Waals surface area contributed by atoms with Gasteiger partial charge in [0.25, 0.3) is 0 Å². The van der Waals surface area contributed by atoms with Crippen LogP contribution in [-0.2, 0) is 10.9 Å². The summed E-state index contributed by atoms with van der Waals surface area (Å²) in [6, 6.07) is 0. The van der Waals surface area contributed by atoms with Crippen molar-refractivity contribution in [1.82, 2.24) is 0 Å². The summed E-state index contributed by atoms with van der Waals surface area (Å²) in [4.78, 5) is 0. The van der Waals surface area contributed by atoms with Crippen LogP contribution in [0.1, 0.15) is 38.5 Å². The van der Waals surface area contributed by atoms with E-state index in [2.05, 4.69) is 0 Å². The Bertz CT molecular complexity index is 153. The van der Waals surface area contributed by atoms with Gasteiger partial charge in [0.1, 0.15) is 16.8 Å². The third-order valence-electron chi connectivity index (χ3n) is 2.84. The molecule has 0 aromatic rings. The smallest absolute Gasteiger partial charge is 0.418 e. The van der Waals surface area contributed by atoms with Crippen LogP contribution in [0.2, 0.25) is 0 Å². The molecule has 6 heteroatoms. The van der Waals surface area contributed by atoms with Gasteiger partial charge in [-0.15, -0.1) is 0 Å². The van der Waals surface area contributed by atoms with E-state index < -0.39 is 7.25 Å². The van der Waals surface area contributed by atoms with Crippen molar-refractivity contribution >= 4 is 18.1 Å². The highest BCUT2D eigenvalue weighted by atomic mass is 32.2. The summed E-state index contributed by atoms with van der Waals surface area (Å²) in [6.45, 7) is 0. The number of rotatable bonds is 0. The molecule has 0 bridgehead atoms. The van der Waals surface area contributed by atoms with Crippen molar-refractivity contribution in [2.75, 3.05) is 11.5 Å². The van der Waals surface area contributed by atoms with E-state index in [1.165, 1.54) is 18.1 Å². The highest BCUT2D eigenvalue weighted by Gasteiger charge is 2.35. The lowest BCUT2D eigenvalue weighted by atomic mass is 10.1. The van der Waals surface area contributed by atoms with Crippen LogP contribution in [0.4, 0.5) is 17.3 Å². The SMILES string of the molecule is C1CC[S+]2CCCCC2C1.F[B-](F)(F)F. The minimum atomic E-state index is -6.00. The van der Waals surface area contributed by atoms with Gasteiger partial charge in [0.05, 0.1) is 0 Å². The maximum absolute atomic E-state index is 9.75. The summed E-state index contributed by atoms with van der Waals surface area (Å²) in [7, 11) is -5.10. The van der Waals surface area contributed by atoms with Crippen molar-refractivity contribution in [2.24, 2.45) is 0 Å². The molecule has 0 amide bonds. The molecule has 15 heavy (non-hydrogen) atoms. The zero-order chi connectivity index (χ0) is 11.3. The van der Waals surface area contributed by atoms with Crippen molar-refractivity contribution in [2.45, 2.75) is 43.8 Å². The molecule has 2 rings (SSSR count). The molecule has 2 fully saturated rings. The zero-order valence-electron chi connectivity index (χ0n) is 8.73. The fraction of sp³-hybridized carbons (Fsp3) is 1.00. The summed E-state index contributed by atoms with van der Waals surface area (Å²) in [6.07, 6.45) is 9.30. The molecule has 0 aliphatic carbocycles. The minimum Gasteiger partial charge on any atom is -0.418 e. The summed E-state index contributed by atoms with van der Waals surface area (Å²) in [5.74, 6) is 3.18. The average molecular weight is 244 g/mol. The monoisotopic (exact) mass is 244 g/mol. The summed E-state index contributed by atoms with van der Waals surface area (Å²) in [5.41, 5.74) is 0. The highest BCUT2D eigenvalue weighted by Crippen LogP contribution is 2.30. The van der Waals surface area contributed by atoms with Crippen molar-refractivity contribution in [3.05, 3.63) is 0 Å². The quantitative estimate of drug-likeness (QED) is 0.346. The van der Waals surface area contributed by atoms with Gasteiger partial charge in [0.2, 0.25) is 0 Å². The van der Waals surface area contributed by atoms with Crippen LogP contribution >= 0.6 is 0 Å². The molecular formula is C9H17BF4S. The molecule has 90 valence electrons. The second kappa shape index (κ2) is 6.02. The third kappa shape index (κ3) is 6.33. The first-order valence-electron chi connectivity index (χ1n) is 5.50. The largest absolute Gasteiger partial charge is 0.673 e. The van der Waals surface area contributed by atoms with Crippen molar-refractivity contribution < 1.29 is 17.3 Å². The Morgan fingerprint density at radius 2 is 1.20 bits per heavy atom. The Hall–Kier alpha value is 0.135. The molecule has 0 spiro atoms. The fourth-order valence-electron chi connectivity index (χ4n) is 2.23. The molecule has 0 radical (unpaired) electrons. The normalized spacial score (nSPS) is 31.2. The lowest BCUT2D eigenvalue weighted by Crippen LogP contribution is -2.34. The predicted molar refractivity (Wildman–Crippen MR) is 58.8 cm³/mol. The van der Waals surface area contributed by atoms with Crippen LogP contribution < -0.4 is 0 Å². The van der Waals surface area contributed by atoms with Gasteiger partial charge < -0.3 is 17.3 Å². The number of hydrogen-bond acceptors (Lipinski definition) is 0. The molecule has 0 nitrogen and oxygen atoms in total. The lowest BCUT2D eigenvalue weighted by Gasteiger charge is -2.27. The molecule has 2 aliphatic heterocycles. The number of hydrogen-bond donors (Lipinski definition) is 0. The molecule has 0 atom stereocenters. The first kappa shape index (κ1) is 13.2. The van der Waals surface area contributed by atoms with E-state index in [1.54, 1.807) is 37.2 Å². The fourth-order valence-corrected chi connectivity index (χ4v) is 5.25. The van der Waals surface area contributed by atoms with E-state index in [-0.39, 0.29) is 0 Å².